The van der Waals surface area contributed by atoms with Crippen LogP contribution in [0.1, 0.15) is 42.8 Å². The van der Waals surface area contributed by atoms with Gasteiger partial charge in [-0.15, -0.1) is 11.3 Å². The number of hydrogen-bond donors (Lipinski definition) is 1. The van der Waals surface area contributed by atoms with E-state index in [-0.39, 0.29) is 17.9 Å². The Morgan fingerprint density at radius 1 is 1.30 bits per heavy atom. The first-order valence-corrected chi connectivity index (χ1v) is 7.67. The van der Waals surface area contributed by atoms with Crippen LogP contribution in [0, 0.1) is 5.82 Å². The van der Waals surface area contributed by atoms with Crippen LogP contribution < -0.4 is 10.1 Å². The molecule has 2 unspecified atom stereocenters. The van der Waals surface area contributed by atoms with E-state index in [0.29, 0.717) is 11.3 Å². The third-order valence-corrected chi connectivity index (χ3v) is 4.40. The summed E-state index contributed by atoms with van der Waals surface area (Å²) in [5, 5.41) is 5.55. The smallest absolute Gasteiger partial charge is 0.131 e. The number of ether oxygens (including phenoxy) is 1. The molecule has 0 amide bonds. The van der Waals surface area contributed by atoms with Crippen molar-refractivity contribution in [3.05, 3.63) is 52.0 Å². The molecule has 1 aromatic heterocycles. The minimum absolute atomic E-state index is 0.113. The molecule has 2 atom stereocenters. The Kier molecular flexibility index (Phi) is 5.15. The second-order valence-electron chi connectivity index (χ2n) is 4.72. The van der Waals surface area contributed by atoms with Crippen LogP contribution in [0.5, 0.6) is 5.75 Å². The predicted octanol–water partition coefficient (Wildman–Crippen LogP) is 4.70. The summed E-state index contributed by atoms with van der Waals surface area (Å²) in [5.41, 5.74) is 0.588. The van der Waals surface area contributed by atoms with Gasteiger partial charge in [0.05, 0.1) is 7.11 Å². The van der Waals surface area contributed by atoms with Gasteiger partial charge in [-0.3, -0.25) is 0 Å². The second-order valence-corrected chi connectivity index (χ2v) is 5.70. The number of methoxy groups -OCH3 is 1. The van der Waals surface area contributed by atoms with E-state index in [2.05, 4.69) is 23.7 Å². The van der Waals surface area contributed by atoms with Crippen LogP contribution in [0.25, 0.3) is 0 Å². The topological polar surface area (TPSA) is 21.3 Å². The minimum Gasteiger partial charge on any atom is -0.496 e. The highest BCUT2D eigenvalue weighted by atomic mass is 32.1. The van der Waals surface area contributed by atoms with Crippen molar-refractivity contribution in [2.45, 2.75) is 32.4 Å². The lowest BCUT2D eigenvalue weighted by atomic mass is 10.0. The largest absolute Gasteiger partial charge is 0.496 e. The molecule has 0 bridgehead atoms. The summed E-state index contributed by atoms with van der Waals surface area (Å²) in [4.78, 5) is 1.27. The molecular weight excluding hydrogens is 273 g/mol. The third kappa shape index (κ3) is 3.19. The first-order chi connectivity index (χ1) is 9.67. The Morgan fingerprint density at radius 2 is 2.10 bits per heavy atom. The fraction of sp³-hybridized carbons (Fsp3) is 0.375. The van der Waals surface area contributed by atoms with E-state index < -0.39 is 0 Å². The maximum Gasteiger partial charge on any atom is 0.131 e. The van der Waals surface area contributed by atoms with Crippen molar-refractivity contribution >= 4 is 11.3 Å². The maximum atomic E-state index is 14.1. The number of rotatable bonds is 6. The first kappa shape index (κ1) is 15.0. The van der Waals surface area contributed by atoms with E-state index in [1.54, 1.807) is 30.6 Å². The van der Waals surface area contributed by atoms with Crippen molar-refractivity contribution in [3.8, 4) is 5.75 Å². The highest BCUT2D eigenvalue weighted by Crippen LogP contribution is 2.31. The molecule has 0 saturated carbocycles. The molecule has 0 aliphatic heterocycles. The summed E-state index contributed by atoms with van der Waals surface area (Å²) in [7, 11) is 1.57. The normalized spacial score (nSPS) is 14.0. The van der Waals surface area contributed by atoms with E-state index in [1.165, 1.54) is 10.9 Å². The zero-order valence-electron chi connectivity index (χ0n) is 12.0. The Bertz CT molecular complexity index is 541. The van der Waals surface area contributed by atoms with Gasteiger partial charge in [0.1, 0.15) is 11.6 Å². The van der Waals surface area contributed by atoms with Crippen LogP contribution in [0.15, 0.2) is 35.7 Å². The van der Waals surface area contributed by atoms with Crippen LogP contribution in [0.4, 0.5) is 4.39 Å². The number of nitrogens with one attached hydrogen (secondary N) is 1. The average molecular weight is 293 g/mol. The maximum absolute atomic E-state index is 14.1. The van der Waals surface area contributed by atoms with Gasteiger partial charge >= 0.3 is 0 Å². The average Bonchev–Trinajstić information content (AvgIpc) is 2.98. The quantitative estimate of drug-likeness (QED) is 0.833. The van der Waals surface area contributed by atoms with Gasteiger partial charge in [0, 0.05) is 22.5 Å². The lowest BCUT2D eigenvalue weighted by Crippen LogP contribution is -2.24. The van der Waals surface area contributed by atoms with Crippen molar-refractivity contribution in [1.29, 1.82) is 0 Å². The van der Waals surface area contributed by atoms with Gasteiger partial charge in [-0.1, -0.05) is 19.1 Å². The van der Waals surface area contributed by atoms with Gasteiger partial charge in [0.15, 0.2) is 0 Å². The van der Waals surface area contributed by atoms with E-state index in [1.807, 2.05) is 13.0 Å². The summed E-state index contributed by atoms with van der Waals surface area (Å²) in [6.45, 7) is 4.10. The number of halogens is 1. The van der Waals surface area contributed by atoms with Gasteiger partial charge < -0.3 is 10.1 Å². The lowest BCUT2D eigenvalue weighted by Gasteiger charge is -2.23. The zero-order valence-corrected chi connectivity index (χ0v) is 12.8. The van der Waals surface area contributed by atoms with Gasteiger partial charge in [-0.25, -0.2) is 4.39 Å². The van der Waals surface area contributed by atoms with Crippen molar-refractivity contribution in [2.24, 2.45) is 0 Å². The fourth-order valence-electron chi connectivity index (χ4n) is 2.39. The molecule has 2 nitrogen and oxygen atoms in total. The molecule has 2 aromatic rings. The molecule has 20 heavy (non-hydrogen) atoms. The Hall–Kier alpha value is -1.39. The van der Waals surface area contributed by atoms with Gasteiger partial charge in [-0.05, 0) is 36.9 Å². The molecule has 108 valence electrons. The summed E-state index contributed by atoms with van der Waals surface area (Å²) in [5.74, 6) is 0.358. The summed E-state index contributed by atoms with van der Waals surface area (Å²) >= 11 is 1.72. The van der Waals surface area contributed by atoms with Gasteiger partial charge in [0.25, 0.3) is 0 Å². The van der Waals surface area contributed by atoms with Crippen LogP contribution in [-0.4, -0.2) is 7.11 Å². The molecule has 1 aromatic carbocycles. The molecule has 4 heteroatoms. The Balaban J connectivity index is 2.21. The molecule has 0 spiro atoms. The molecule has 0 aliphatic rings. The lowest BCUT2D eigenvalue weighted by molar-refractivity contribution is 0.383. The molecule has 0 radical (unpaired) electrons. The van der Waals surface area contributed by atoms with E-state index in [9.17, 15) is 4.39 Å². The molecule has 1 heterocycles. The highest BCUT2D eigenvalue weighted by Gasteiger charge is 2.20. The van der Waals surface area contributed by atoms with E-state index >= 15 is 0 Å². The van der Waals surface area contributed by atoms with Crippen LogP contribution in [0.2, 0.25) is 0 Å². The van der Waals surface area contributed by atoms with Crippen molar-refractivity contribution in [1.82, 2.24) is 5.32 Å². The number of thiophene rings is 1. The standard InChI is InChI=1S/C16H20FNOS/c1-4-13(15-9-6-10-20-15)18-11(2)16-12(17)7-5-8-14(16)19-3/h5-11,13,18H,4H2,1-3H3. The Labute approximate surface area is 123 Å². The van der Waals surface area contributed by atoms with Crippen molar-refractivity contribution < 1.29 is 9.13 Å². The van der Waals surface area contributed by atoms with E-state index in [4.69, 9.17) is 4.74 Å². The Morgan fingerprint density at radius 3 is 2.70 bits per heavy atom. The van der Waals surface area contributed by atoms with Crippen LogP contribution in [0.3, 0.4) is 0 Å². The van der Waals surface area contributed by atoms with Gasteiger partial charge in [-0.2, -0.15) is 0 Å². The molecule has 2 rings (SSSR count). The molecule has 0 fully saturated rings. The third-order valence-electron chi connectivity index (χ3n) is 3.41. The number of hydrogen-bond acceptors (Lipinski definition) is 3. The van der Waals surface area contributed by atoms with Crippen molar-refractivity contribution in [3.63, 3.8) is 0 Å². The van der Waals surface area contributed by atoms with Crippen LogP contribution in [-0.2, 0) is 0 Å². The molecule has 0 aliphatic carbocycles. The SMILES string of the molecule is CCC(NC(C)c1c(F)cccc1OC)c1cccs1. The van der Waals surface area contributed by atoms with Crippen molar-refractivity contribution in [2.75, 3.05) is 7.11 Å². The predicted molar refractivity (Wildman–Crippen MR) is 81.9 cm³/mol. The fourth-order valence-corrected chi connectivity index (χ4v) is 3.26. The summed E-state index contributed by atoms with van der Waals surface area (Å²) in [6.07, 6.45) is 0.960. The monoisotopic (exact) mass is 293 g/mol. The highest BCUT2D eigenvalue weighted by molar-refractivity contribution is 7.10. The zero-order chi connectivity index (χ0) is 14.5. The second kappa shape index (κ2) is 6.86. The van der Waals surface area contributed by atoms with E-state index in [0.717, 1.165) is 6.42 Å². The van der Waals surface area contributed by atoms with Gasteiger partial charge in [0.2, 0.25) is 0 Å². The summed E-state index contributed by atoms with van der Waals surface area (Å²) < 4.78 is 19.3. The molecular formula is C16H20FNOS. The minimum atomic E-state index is -0.231. The molecule has 0 saturated heterocycles. The molecule has 1 N–H and O–H groups in total. The van der Waals surface area contributed by atoms with Crippen LogP contribution >= 0.6 is 11.3 Å². The summed E-state index contributed by atoms with van der Waals surface area (Å²) in [6, 6.07) is 9.20. The first-order valence-electron chi connectivity index (χ1n) is 6.79. The number of benzene rings is 1.